The fourth-order valence-corrected chi connectivity index (χ4v) is 5.97. The maximum absolute atomic E-state index is 12.2. The van der Waals surface area contributed by atoms with E-state index < -0.39 is 24.0 Å². The molecule has 2 aliphatic rings. The minimum absolute atomic E-state index is 0.116. The average Bonchev–Trinajstić information content (AvgIpc) is 3.35. The van der Waals surface area contributed by atoms with Gasteiger partial charge in [-0.3, -0.25) is 10.1 Å². The lowest BCUT2D eigenvalue weighted by molar-refractivity contribution is -0.127. The quantitative estimate of drug-likeness (QED) is 0.726. The first-order valence-corrected chi connectivity index (χ1v) is 11.3. The molecule has 3 rings (SSSR count). The standard InChI is InChI=1S/C19H24N2O4S2/c1-12(16(22)21-19(24)20-15-4-2-3-5-15)25-17(23)13-6-8-14(9-7-13)18-26-10-11-27-18/h6-9,12,15,18H,2-5,10-11H2,1H3,(H2,20,21,22,24)/t12-/m0/s1. The largest absolute Gasteiger partial charge is 0.449 e. The minimum Gasteiger partial charge on any atom is -0.449 e. The molecule has 3 amide bonds. The fraction of sp³-hybridized carbons (Fsp3) is 0.526. The van der Waals surface area contributed by atoms with Crippen LogP contribution in [0.25, 0.3) is 0 Å². The number of rotatable bonds is 5. The zero-order valence-corrected chi connectivity index (χ0v) is 16.9. The van der Waals surface area contributed by atoms with Gasteiger partial charge in [0.15, 0.2) is 6.10 Å². The van der Waals surface area contributed by atoms with Gasteiger partial charge in [0.2, 0.25) is 0 Å². The molecule has 1 saturated heterocycles. The van der Waals surface area contributed by atoms with Crippen LogP contribution in [0.5, 0.6) is 0 Å². The van der Waals surface area contributed by atoms with Crippen LogP contribution in [0.3, 0.4) is 0 Å². The summed E-state index contributed by atoms with van der Waals surface area (Å²) in [7, 11) is 0. The molecule has 1 saturated carbocycles. The number of esters is 1. The lowest BCUT2D eigenvalue weighted by atomic mass is 10.1. The van der Waals surface area contributed by atoms with Gasteiger partial charge in [-0.2, -0.15) is 0 Å². The highest BCUT2D eigenvalue weighted by molar-refractivity contribution is 8.19. The Hall–Kier alpha value is -1.67. The van der Waals surface area contributed by atoms with Crippen molar-refractivity contribution in [3.63, 3.8) is 0 Å². The Morgan fingerprint density at radius 1 is 1.07 bits per heavy atom. The number of carbonyl (C=O) groups excluding carboxylic acids is 3. The summed E-state index contributed by atoms with van der Waals surface area (Å²) in [6, 6.07) is 6.86. The van der Waals surface area contributed by atoms with E-state index in [2.05, 4.69) is 10.6 Å². The number of ether oxygens (including phenoxy) is 1. The van der Waals surface area contributed by atoms with Gasteiger partial charge in [-0.05, 0) is 37.5 Å². The lowest BCUT2D eigenvalue weighted by Gasteiger charge is -2.16. The summed E-state index contributed by atoms with van der Waals surface area (Å²) < 4.78 is 5.61. The van der Waals surface area contributed by atoms with Crippen molar-refractivity contribution < 1.29 is 19.1 Å². The smallest absolute Gasteiger partial charge is 0.338 e. The highest BCUT2D eigenvalue weighted by Gasteiger charge is 2.24. The number of urea groups is 1. The maximum atomic E-state index is 12.2. The van der Waals surface area contributed by atoms with Gasteiger partial charge in [-0.15, -0.1) is 23.5 Å². The molecule has 2 N–H and O–H groups in total. The first-order chi connectivity index (χ1) is 13.0. The summed E-state index contributed by atoms with van der Waals surface area (Å²) in [4.78, 5) is 36.2. The number of benzene rings is 1. The number of carbonyl (C=O) groups is 3. The van der Waals surface area contributed by atoms with Gasteiger partial charge in [-0.25, -0.2) is 9.59 Å². The summed E-state index contributed by atoms with van der Waals surface area (Å²) >= 11 is 3.79. The van der Waals surface area contributed by atoms with Gasteiger partial charge in [0, 0.05) is 17.5 Å². The molecule has 146 valence electrons. The maximum Gasteiger partial charge on any atom is 0.338 e. The third kappa shape index (κ3) is 5.65. The van der Waals surface area contributed by atoms with E-state index in [0.717, 1.165) is 37.2 Å². The van der Waals surface area contributed by atoms with Gasteiger partial charge in [0.25, 0.3) is 5.91 Å². The van der Waals surface area contributed by atoms with Crippen molar-refractivity contribution >= 4 is 41.4 Å². The topological polar surface area (TPSA) is 84.5 Å². The number of amides is 3. The first kappa shape index (κ1) is 20.1. The Kier molecular flexibility index (Phi) is 7.07. The highest BCUT2D eigenvalue weighted by Crippen LogP contribution is 2.45. The second kappa shape index (κ2) is 9.50. The van der Waals surface area contributed by atoms with E-state index in [0.29, 0.717) is 10.1 Å². The van der Waals surface area contributed by atoms with Crippen molar-refractivity contribution in [3.05, 3.63) is 35.4 Å². The van der Waals surface area contributed by atoms with Crippen molar-refractivity contribution in [2.75, 3.05) is 11.5 Å². The van der Waals surface area contributed by atoms with Gasteiger partial charge in [0.1, 0.15) is 0 Å². The van der Waals surface area contributed by atoms with Crippen LogP contribution in [-0.2, 0) is 9.53 Å². The molecule has 8 heteroatoms. The van der Waals surface area contributed by atoms with Crippen LogP contribution >= 0.6 is 23.5 Å². The number of hydrogen-bond donors (Lipinski definition) is 2. The molecule has 0 aromatic heterocycles. The van der Waals surface area contributed by atoms with E-state index in [1.54, 1.807) is 12.1 Å². The average molecular weight is 409 g/mol. The molecule has 0 bridgehead atoms. The van der Waals surface area contributed by atoms with E-state index >= 15 is 0 Å². The second-order valence-electron chi connectivity index (χ2n) is 6.69. The third-order valence-corrected chi connectivity index (χ3v) is 7.72. The Morgan fingerprint density at radius 2 is 1.70 bits per heavy atom. The Bertz CT molecular complexity index is 683. The summed E-state index contributed by atoms with van der Waals surface area (Å²) in [5, 5.41) is 5.01. The number of nitrogens with one attached hydrogen (secondary N) is 2. The molecule has 1 aliphatic carbocycles. The Labute approximate surface area is 167 Å². The molecule has 1 aromatic carbocycles. The molecule has 1 atom stereocenters. The lowest BCUT2D eigenvalue weighted by Crippen LogP contribution is -2.47. The molecule has 6 nitrogen and oxygen atoms in total. The zero-order chi connectivity index (χ0) is 19.2. The molecule has 27 heavy (non-hydrogen) atoms. The van der Waals surface area contributed by atoms with E-state index in [9.17, 15) is 14.4 Å². The first-order valence-electron chi connectivity index (χ1n) is 9.18. The number of thioether (sulfide) groups is 2. The third-order valence-electron chi connectivity index (χ3n) is 4.62. The van der Waals surface area contributed by atoms with Crippen LogP contribution in [0, 0.1) is 0 Å². The monoisotopic (exact) mass is 408 g/mol. The summed E-state index contributed by atoms with van der Waals surface area (Å²) in [6.07, 6.45) is 2.99. The van der Waals surface area contributed by atoms with E-state index in [4.69, 9.17) is 4.74 Å². The number of hydrogen-bond acceptors (Lipinski definition) is 6. The molecular weight excluding hydrogens is 384 g/mol. The van der Waals surface area contributed by atoms with Crippen LogP contribution in [0.1, 0.15) is 53.1 Å². The highest BCUT2D eigenvalue weighted by atomic mass is 32.2. The van der Waals surface area contributed by atoms with E-state index in [1.165, 1.54) is 12.5 Å². The van der Waals surface area contributed by atoms with E-state index in [-0.39, 0.29) is 6.04 Å². The van der Waals surface area contributed by atoms with Crippen LogP contribution in [-0.4, -0.2) is 41.6 Å². The van der Waals surface area contributed by atoms with Gasteiger partial charge < -0.3 is 10.1 Å². The van der Waals surface area contributed by atoms with Gasteiger partial charge in [0.05, 0.1) is 10.1 Å². The number of imide groups is 1. The molecule has 0 unspecified atom stereocenters. The molecule has 2 fully saturated rings. The molecule has 0 spiro atoms. The van der Waals surface area contributed by atoms with E-state index in [1.807, 2.05) is 35.7 Å². The van der Waals surface area contributed by atoms with Crippen molar-refractivity contribution in [1.82, 2.24) is 10.6 Å². The predicted molar refractivity (Wildman–Crippen MR) is 108 cm³/mol. The molecule has 0 radical (unpaired) electrons. The van der Waals surface area contributed by atoms with Crippen molar-refractivity contribution in [1.29, 1.82) is 0 Å². The zero-order valence-electron chi connectivity index (χ0n) is 15.2. The minimum atomic E-state index is -1.05. The second-order valence-corrected chi connectivity index (χ2v) is 9.41. The van der Waals surface area contributed by atoms with Gasteiger partial charge >= 0.3 is 12.0 Å². The summed E-state index contributed by atoms with van der Waals surface area (Å²) in [5.41, 5.74) is 1.57. The van der Waals surface area contributed by atoms with Crippen molar-refractivity contribution in [2.24, 2.45) is 0 Å². The van der Waals surface area contributed by atoms with Crippen LogP contribution < -0.4 is 10.6 Å². The molecule has 1 aliphatic heterocycles. The van der Waals surface area contributed by atoms with Crippen LogP contribution in [0.15, 0.2) is 24.3 Å². The Morgan fingerprint density at radius 3 is 2.33 bits per heavy atom. The summed E-state index contributed by atoms with van der Waals surface area (Å²) in [5.74, 6) is 1.07. The SMILES string of the molecule is C[C@H](OC(=O)c1ccc(C2SCCS2)cc1)C(=O)NC(=O)NC1CCCC1. The fourth-order valence-electron chi connectivity index (χ4n) is 3.11. The molecular formula is C19H24N2O4S2. The normalized spacial score (nSPS) is 18.9. The van der Waals surface area contributed by atoms with Crippen LogP contribution in [0.4, 0.5) is 4.79 Å². The van der Waals surface area contributed by atoms with Gasteiger partial charge in [-0.1, -0.05) is 25.0 Å². The van der Waals surface area contributed by atoms with Crippen molar-refractivity contribution in [3.8, 4) is 0 Å². The van der Waals surface area contributed by atoms with Crippen LogP contribution in [0.2, 0.25) is 0 Å². The molecule has 1 aromatic rings. The summed E-state index contributed by atoms with van der Waals surface area (Å²) in [6.45, 7) is 1.45. The predicted octanol–water partition coefficient (Wildman–Crippen LogP) is 3.48. The molecule has 1 heterocycles. The van der Waals surface area contributed by atoms with Crippen molar-refractivity contribution in [2.45, 2.75) is 49.3 Å². The Balaban J connectivity index is 1.47.